The highest BCUT2D eigenvalue weighted by Gasteiger charge is 2.10. The molecule has 0 spiro atoms. The fourth-order valence-electron chi connectivity index (χ4n) is 2.44. The molecule has 0 amide bonds. The van der Waals surface area contributed by atoms with E-state index in [0.29, 0.717) is 0 Å². The van der Waals surface area contributed by atoms with E-state index in [1.165, 1.54) is 29.8 Å². The van der Waals surface area contributed by atoms with Gasteiger partial charge >= 0.3 is 0 Å². The summed E-state index contributed by atoms with van der Waals surface area (Å²) in [6.07, 6.45) is 7.27. The lowest BCUT2D eigenvalue weighted by atomic mass is 10.0. The summed E-state index contributed by atoms with van der Waals surface area (Å²) in [5.41, 5.74) is 3.93. The third-order valence-electron chi connectivity index (χ3n) is 3.34. The first-order valence-electron chi connectivity index (χ1n) is 6.28. The van der Waals surface area contributed by atoms with Crippen molar-refractivity contribution >= 4 is 5.69 Å². The molecule has 2 heterocycles. The summed E-state index contributed by atoms with van der Waals surface area (Å²) in [4.78, 5) is 4.37. The lowest BCUT2D eigenvalue weighted by Crippen LogP contribution is -2.12. The van der Waals surface area contributed by atoms with Crippen LogP contribution in [-0.4, -0.2) is 16.1 Å². The van der Waals surface area contributed by atoms with Crippen LogP contribution in [-0.2, 0) is 12.8 Å². The number of nitrogens with zero attached hydrogens (tertiary/aromatic N) is 2. The molecular weight excluding hydrogens is 210 g/mol. The van der Waals surface area contributed by atoms with E-state index in [-0.39, 0.29) is 0 Å². The first-order chi connectivity index (χ1) is 8.38. The Bertz CT molecular complexity index is 528. The lowest BCUT2D eigenvalue weighted by molar-refractivity contribution is 0.824. The Hall–Kier alpha value is -1.77. The fourth-order valence-corrected chi connectivity index (χ4v) is 2.44. The molecule has 1 aliphatic heterocycles. The Morgan fingerprint density at radius 2 is 2.35 bits per heavy atom. The SMILES string of the molecule is CCc1nccn1-c1ccc2c(c1)CCCN2. The van der Waals surface area contributed by atoms with Crippen LogP contribution in [0.3, 0.4) is 0 Å². The average Bonchev–Trinajstić information content (AvgIpc) is 2.86. The van der Waals surface area contributed by atoms with Crippen LogP contribution in [0.2, 0.25) is 0 Å². The third kappa shape index (κ3) is 1.82. The second kappa shape index (κ2) is 4.24. The zero-order valence-electron chi connectivity index (χ0n) is 10.1. The maximum atomic E-state index is 4.37. The highest BCUT2D eigenvalue weighted by atomic mass is 15.1. The van der Waals surface area contributed by atoms with E-state index in [1.54, 1.807) is 0 Å². The first kappa shape index (κ1) is 10.4. The number of benzene rings is 1. The minimum atomic E-state index is 0.961. The predicted octanol–water partition coefficient (Wildman–Crippen LogP) is 2.79. The monoisotopic (exact) mass is 227 g/mol. The average molecular weight is 227 g/mol. The topological polar surface area (TPSA) is 29.9 Å². The summed E-state index contributed by atoms with van der Waals surface area (Å²) in [6, 6.07) is 6.63. The molecule has 3 nitrogen and oxygen atoms in total. The van der Waals surface area contributed by atoms with Crippen LogP contribution in [0.25, 0.3) is 5.69 Å². The number of hydrogen-bond acceptors (Lipinski definition) is 2. The Balaban J connectivity index is 2.04. The van der Waals surface area contributed by atoms with Gasteiger partial charge in [-0.15, -0.1) is 0 Å². The molecule has 88 valence electrons. The van der Waals surface area contributed by atoms with E-state index >= 15 is 0 Å². The number of imidazole rings is 1. The second-order valence-electron chi connectivity index (χ2n) is 4.44. The Morgan fingerprint density at radius 3 is 3.24 bits per heavy atom. The van der Waals surface area contributed by atoms with E-state index < -0.39 is 0 Å². The number of hydrogen-bond donors (Lipinski definition) is 1. The molecule has 0 aliphatic carbocycles. The molecule has 1 aromatic carbocycles. The molecule has 0 fully saturated rings. The van der Waals surface area contributed by atoms with Gasteiger partial charge in [0, 0.05) is 36.7 Å². The molecule has 1 aliphatic rings. The number of rotatable bonds is 2. The Labute approximate surface area is 101 Å². The van der Waals surface area contributed by atoms with Crippen molar-refractivity contribution in [1.29, 1.82) is 0 Å². The maximum absolute atomic E-state index is 4.37. The van der Waals surface area contributed by atoms with Crippen molar-refractivity contribution in [3.05, 3.63) is 42.0 Å². The van der Waals surface area contributed by atoms with Crippen molar-refractivity contribution in [3.8, 4) is 5.69 Å². The summed E-state index contributed by atoms with van der Waals surface area (Å²) in [7, 11) is 0. The lowest BCUT2D eigenvalue weighted by Gasteiger charge is -2.19. The van der Waals surface area contributed by atoms with Gasteiger partial charge in [0.2, 0.25) is 0 Å². The number of aromatic nitrogens is 2. The maximum Gasteiger partial charge on any atom is 0.112 e. The van der Waals surface area contributed by atoms with Crippen LogP contribution in [0, 0.1) is 0 Å². The highest BCUT2D eigenvalue weighted by Crippen LogP contribution is 2.25. The third-order valence-corrected chi connectivity index (χ3v) is 3.34. The number of nitrogens with one attached hydrogen (secondary N) is 1. The summed E-state index contributed by atoms with van der Waals surface area (Å²) in [6.45, 7) is 3.23. The number of aryl methyl sites for hydroxylation is 2. The van der Waals surface area contributed by atoms with Gasteiger partial charge in [-0.3, -0.25) is 0 Å². The molecule has 3 rings (SSSR count). The van der Waals surface area contributed by atoms with Crippen LogP contribution < -0.4 is 5.32 Å². The zero-order chi connectivity index (χ0) is 11.7. The molecule has 1 N–H and O–H groups in total. The second-order valence-corrected chi connectivity index (χ2v) is 4.44. The normalized spacial score (nSPS) is 14.2. The molecule has 1 aromatic heterocycles. The molecule has 3 heteroatoms. The van der Waals surface area contributed by atoms with Crippen molar-refractivity contribution in [3.63, 3.8) is 0 Å². The molecular formula is C14H17N3. The number of fused-ring (bicyclic) bond motifs is 1. The summed E-state index contributed by atoms with van der Waals surface area (Å²) in [5, 5.41) is 3.44. The molecule has 0 unspecified atom stereocenters. The summed E-state index contributed by atoms with van der Waals surface area (Å²) >= 11 is 0. The van der Waals surface area contributed by atoms with Gasteiger partial charge in [-0.1, -0.05) is 6.92 Å². The van der Waals surface area contributed by atoms with Crippen LogP contribution in [0.5, 0.6) is 0 Å². The molecule has 0 saturated heterocycles. The molecule has 17 heavy (non-hydrogen) atoms. The number of anilines is 1. The Morgan fingerprint density at radius 1 is 1.41 bits per heavy atom. The van der Waals surface area contributed by atoms with Crippen LogP contribution in [0.15, 0.2) is 30.6 Å². The molecule has 0 saturated carbocycles. The predicted molar refractivity (Wildman–Crippen MR) is 69.8 cm³/mol. The van der Waals surface area contributed by atoms with Crippen LogP contribution >= 0.6 is 0 Å². The fraction of sp³-hybridized carbons (Fsp3) is 0.357. The van der Waals surface area contributed by atoms with Crippen LogP contribution in [0.4, 0.5) is 5.69 Å². The highest BCUT2D eigenvalue weighted by molar-refractivity contribution is 5.57. The largest absolute Gasteiger partial charge is 0.385 e. The van der Waals surface area contributed by atoms with E-state index in [9.17, 15) is 0 Å². The molecule has 2 aromatic rings. The van der Waals surface area contributed by atoms with Gasteiger partial charge in [-0.2, -0.15) is 0 Å². The summed E-state index contributed by atoms with van der Waals surface area (Å²) < 4.78 is 2.18. The van der Waals surface area contributed by atoms with Gasteiger partial charge in [-0.05, 0) is 36.6 Å². The molecule has 0 atom stereocenters. The van der Waals surface area contributed by atoms with Crippen molar-refractivity contribution in [2.45, 2.75) is 26.2 Å². The van der Waals surface area contributed by atoms with E-state index in [0.717, 1.165) is 18.8 Å². The van der Waals surface area contributed by atoms with Gasteiger partial charge in [-0.25, -0.2) is 4.98 Å². The smallest absolute Gasteiger partial charge is 0.112 e. The quantitative estimate of drug-likeness (QED) is 0.855. The van der Waals surface area contributed by atoms with Crippen molar-refractivity contribution in [1.82, 2.24) is 9.55 Å². The van der Waals surface area contributed by atoms with Crippen molar-refractivity contribution in [2.75, 3.05) is 11.9 Å². The molecule has 0 bridgehead atoms. The van der Waals surface area contributed by atoms with E-state index in [4.69, 9.17) is 0 Å². The first-order valence-corrected chi connectivity index (χ1v) is 6.28. The van der Waals surface area contributed by atoms with Crippen molar-refractivity contribution < 1.29 is 0 Å². The van der Waals surface area contributed by atoms with Gasteiger partial charge < -0.3 is 9.88 Å². The van der Waals surface area contributed by atoms with Gasteiger partial charge in [0.05, 0.1) is 0 Å². The van der Waals surface area contributed by atoms with Crippen molar-refractivity contribution in [2.24, 2.45) is 0 Å². The van der Waals surface area contributed by atoms with E-state index in [2.05, 4.69) is 40.0 Å². The van der Waals surface area contributed by atoms with Gasteiger partial charge in [0.15, 0.2) is 0 Å². The van der Waals surface area contributed by atoms with Gasteiger partial charge in [0.25, 0.3) is 0 Å². The van der Waals surface area contributed by atoms with E-state index in [1.807, 2.05) is 12.4 Å². The van der Waals surface area contributed by atoms with Crippen LogP contribution in [0.1, 0.15) is 24.7 Å². The standard InChI is InChI=1S/C14H17N3/c1-2-14-16-8-9-17(14)12-5-6-13-11(10-12)4-3-7-15-13/h5-6,8-10,15H,2-4,7H2,1H3. The van der Waals surface area contributed by atoms with Gasteiger partial charge in [0.1, 0.15) is 5.82 Å². The minimum Gasteiger partial charge on any atom is -0.385 e. The molecule has 0 radical (unpaired) electrons. The summed E-state index contributed by atoms with van der Waals surface area (Å²) in [5.74, 6) is 1.12. The Kier molecular flexibility index (Phi) is 2.59. The zero-order valence-corrected chi connectivity index (χ0v) is 10.1. The minimum absolute atomic E-state index is 0.961.